The average molecular weight is 316 g/mol. The van der Waals surface area contributed by atoms with Crippen LogP contribution in [0.1, 0.15) is 39.3 Å². The Labute approximate surface area is 128 Å². The summed E-state index contributed by atoms with van der Waals surface area (Å²) in [5.74, 6) is 0.334. The van der Waals surface area contributed by atoms with Gasteiger partial charge in [0.25, 0.3) is 0 Å². The Morgan fingerprint density at radius 1 is 1.35 bits per heavy atom. The molecule has 0 aliphatic carbocycles. The summed E-state index contributed by atoms with van der Waals surface area (Å²) >= 11 is 1.67. The molecule has 5 heteroatoms. The molecular formula is C15H29NO2SSi. The Morgan fingerprint density at radius 2 is 1.95 bits per heavy atom. The van der Waals surface area contributed by atoms with Gasteiger partial charge in [-0.2, -0.15) is 16.4 Å². The first-order valence-electron chi connectivity index (χ1n) is 7.19. The van der Waals surface area contributed by atoms with Gasteiger partial charge in [-0.1, -0.05) is 13.8 Å². The van der Waals surface area contributed by atoms with Crippen LogP contribution in [0.25, 0.3) is 0 Å². The molecule has 0 aliphatic heterocycles. The minimum atomic E-state index is -1.58. The molecule has 1 unspecified atom stereocenters. The van der Waals surface area contributed by atoms with Crippen LogP contribution >= 0.6 is 11.3 Å². The van der Waals surface area contributed by atoms with Gasteiger partial charge < -0.3 is 9.63 Å². The number of hydrogen-bond acceptors (Lipinski definition) is 4. The van der Waals surface area contributed by atoms with Crippen LogP contribution in [0.15, 0.2) is 16.8 Å². The summed E-state index contributed by atoms with van der Waals surface area (Å²) in [5, 5.41) is 16.4. The summed E-state index contributed by atoms with van der Waals surface area (Å²) in [7, 11) is -1.58. The zero-order chi connectivity index (χ0) is 15.6. The summed E-state index contributed by atoms with van der Waals surface area (Å²) in [6.07, 6.45) is 0. The van der Waals surface area contributed by atoms with E-state index in [-0.39, 0.29) is 6.04 Å². The number of hydroxylamine groups is 2. The Hall–Kier alpha value is -0.203. The molecule has 0 bridgehead atoms. The van der Waals surface area contributed by atoms with Gasteiger partial charge in [-0.25, -0.2) is 0 Å². The van der Waals surface area contributed by atoms with Crippen LogP contribution in [0.2, 0.25) is 19.6 Å². The molecule has 1 aromatic rings. The van der Waals surface area contributed by atoms with Crippen molar-refractivity contribution in [1.82, 2.24) is 5.06 Å². The Balaban J connectivity index is 2.86. The van der Waals surface area contributed by atoms with Crippen LogP contribution in [0.5, 0.6) is 0 Å². The van der Waals surface area contributed by atoms with Crippen LogP contribution in [0.4, 0.5) is 0 Å². The third-order valence-electron chi connectivity index (χ3n) is 3.26. The van der Waals surface area contributed by atoms with Gasteiger partial charge in [-0.05, 0) is 61.8 Å². The van der Waals surface area contributed by atoms with Crippen molar-refractivity contribution in [3.05, 3.63) is 22.4 Å². The van der Waals surface area contributed by atoms with E-state index in [2.05, 4.69) is 50.3 Å². The van der Waals surface area contributed by atoms with E-state index in [0.29, 0.717) is 12.5 Å². The van der Waals surface area contributed by atoms with Crippen LogP contribution in [-0.2, 0) is 4.43 Å². The highest BCUT2D eigenvalue weighted by Crippen LogP contribution is 2.34. The van der Waals surface area contributed by atoms with E-state index in [4.69, 9.17) is 4.43 Å². The van der Waals surface area contributed by atoms with Gasteiger partial charge in [-0.3, -0.25) is 0 Å². The van der Waals surface area contributed by atoms with Crippen molar-refractivity contribution in [1.29, 1.82) is 0 Å². The quantitative estimate of drug-likeness (QED) is 0.581. The van der Waals surface area contributed by atoms with Crippen LogP contribution in [0, 0.1) is 5.92 Å². The maximum Gasteiger partial charge on any atom is 0.183 e. The Bertz CT molecular complexity index is 399. The largest absolute Gasteiger partial charge is 0.416 e. The molecule has 1 rings (SSSR count). The van der Waals surface area contributed by atoms with Gasteiger partial charge in [0, 0.05) is 0 Å². The molecule has 0 fully saturated rings. The number of rotatable bonds is 7. The summed E-state index contributed by atoms with van der Waals surface area (Å²) in [4.78, 5) is 0. The van der Waals surface area contributed by atoms with E-state index in [0.717, 1.165) is 0 Å². The monoisotopic (exact) mass is 315 g/mol. The van der Waals surface area contributed by atoms with E-state index < -0.39 is 13.9 Å². The lowest BCUT2D eigenvalue weighted by molar-refractivity contribution is -0.212. The summed E-state index contributed by atoms with van der Waals surface area (Å²) in [6.45, 7) is 15.4. The molecule has 20 heavy (non-hydrogen) atoms. The zero-order valence-corrected chi connectivity index (χ0v) is 15.6. The smallest absolute Gasteiger partial charge is 0.183 e. The topological polar surface area (TPSA) is 32.7 Å². The van der Waals surface area contributed by atoms with Crippen molar-refractivity contribution in [3.63, 3.8) is 0 Å². The van der Waals surface area contributed by atoms with Gasteiger partial charge in [-0.15, -0.1) is 0 Å². The summed E-state index contributed by atoms with van der Waals surface area (Å²) in [5.41, 5.74) is 0.769. The minimum Gasteiger partial charge on any atom is -0.416 e. The highest BCUT2D eigenvalue weighted by Gasteiger charge is 2.35. The molecule has 1 aromatic heterocycles. The molecule has 1 atom stereocenters. The standard InChI is InChI=1S/C15H29NO2SSi/c1-12(2)14(13-8-9-19-10-13)16(17)15(3,4)11-18-20(5,6)7/h8-10,12,14,17H,11H2,1-7H3. The maximum absolute atomic E-state index is 10.7. The maximum atomic E-state index is 10.7. The highest BCUT2D eigenvalue weighted by atomic mass is 32.1. The Morgan fingerprint density at radius 3 is 2.35 bits per heavy atom. The first-order chi connectivity index (χ1) is 9.04. The fourth-order valence-corrected chi connectivity index (χ4v) is 3.56. The summed E-state index contributed by atoms with van der Waals surface area (Å²) in [6, 6.07) is 2.09. The molecule has 1 N–H and O–H groups in total. The number of hydrogen-bond donors (Lipinski definition) is 1. The van der Waals surface area contributed by atoms with Gasteiger partial charge in [0.15, 0.2) is 8.32 Å². The normalized spacial score (nSPS) is 15.1. The molecule has 0 aromatic carbocycles. The number of thiophene rings is 1. The molecule has 0 amide bonds. The van der Waals surface area contributed by atoms with Crippen molar-refractivity contribution in [3.8, 4) is 0 Å². The van der Waals surface area contributed by atoms with Crippen LogP contribution < -0.4 is 0 Å². The predicted molar refractivity (Wildman–Crippen MR) is 88.9 cm³/mol. The fraction of sp³-hybridized carbons (Fsp3) is 0.733. The Kier molecular flexibility index (Phi) is 5.98. The molecule has 3 nitrogen and oxygen atoms in total. The van der Waals surface area contributed by atoms with Crippen LogP contribution in [0.3, 0.4) is 0 Å². The highest BCUT2D eigenvalue weighted by molar-refractivity contribution is 7.07. The molecule has 0 saturated heterocycles. The van der Waals surface area contributed by atoms with Gasteiger partial charge in [0.1, 0.15) is 0 Å². The van der Waals surface area contributed by atoms with Crippen molar-refractivity contribution >= 4 is 19.7 Å². The van der Waals surface area contributed by atoms with E-state index in [1.54, 1.807) is 11.3 Å². The third-order valence-corrected chi connectivity index (χ3v) is 4.97. The van der Waals surface area contributed by atoms with E-state index in [1.807, 2.05) is 13.8 Å². The number of nitrogens with zero attached hydrogens (tertiary/aromatic N) is 1. The first kappa shape index (κ1) is 17.8. The van der Waals surface area contributed by atoms with Gasteiger partial charge in [0.05, 0.1) is 18.2 Å². The van der Waals surface area contributed by atoms with Gasteiger partial charge in [0.2, 0.25) is 0 Å². The molecule has 116 valence electrons. The molecule has 1 heterocycles. The minimum absolute atomic E-state index is 0.00138. The SMILES string of the molecule is CC(C)C(c1ccsc1)N(O)C(C)(C)CO[Si](C)(C)C. The van der Waals surface area contributed by atoms with Crippen LogP contribution in [-0.4, -0.2) is 30.7 Å². The third kappa shape index (κ3) is 4.97. The second-order valence-corrected chi connectivity index (χ2v) is 12.6. The lowest BCUT2D eigenvalue weighted by Crippen LogP contribution is -2.50. The molecular weight excluding hydrogens is 286 g/mol. The lowest BCUT2D eigenvalue weighted by Gasteiger charge is -2.41. The second-order valence-electron chi connectivity index (χ2n) is 7.30. The van der Waals surface area contributed by atoms with Crippen molar-refractivity contribution < 1.29 is 9.63 Å². The predicted octanol–water partition coefficient (Wildman–Crippen LogP) is 4.77. The zero-order valence-electron chi connectivity index (χ0n) is 13.8. The van der Waals surface area contributed by atoms with Crippen molar-refractivity contribution in [2.24, 2.45) is 5.92 Å². The second kappa shape index (κ2) is 6.71. The van der Waals surface area contributed by atoms with Gasteiger partial charge >= 0.3 is 0 Å². The average Bonchev–Trinajstić information content (AvgIpc) is 2.79. The molecule has 0 spiro atoms. The molecule has 0 radical (unpaired) electrons. The summed E-state index contributed by atoms with van der Waals surface area (Å²) < 4.78 is 6.00. The van der Waals surface area contributed by atoms with E-state index in [1.165, 1.54) is 10.6 Å². The van der Waals surface area contributed by atoms with Crippen molar-refractivity contribution in [2.75, 3.05) is 6.61 Å². The first-order valence-corrected chi connectivity index (χ1v) is 11.5. The van der Waals surface area contributed by atoms with E-state index >= 15 is 0 Å². The fourth-order valence-electron chi connectivity index (χ4n) is 2.09. The van der Waals surface area contributed by atoms with Crippen molar-refractivity contribution in [2.45, 2.75) is 58.9 Å². The lowest BCUT2D eigenvalue weighted by atomic mass is 9.94. The molecule has 0 aliphatic rings. The molecule has 0 saturated carbocycles. The van der Waals surface area contributed by atoms with E-state index in [9.17, 15) is 5.21 Å².